The number of aromatic carboxylic acids is 1. The Morgan fingerprint density at radius 1 is 1.45 bits per heavy atom. The second-order valence-electron chi connectivity index (χ2n) is 4.83. The molecular weight excluding hydrogens is 280 g/mol. The average Bonchev–Trinajstić information content (AvgIpc) is 2.86. The molecule has 0 spiro atoms. The fourth-order valence-corrected chi connectivity index (χ4v) is 3.04. The number of nitrogens with zero attached hydrogens (tertiary/aromatic N) is 2. The van der Waals surface area contributed by atoms with E-state index < -0.39 is 5.97 Å². The summed E-state index contributed by atoms with van der Waals surface area (Å²) in [5.74, 6) is -0.785. The third kappa shape index (κ3) is 2.46. The maximum atomic E-state index is 12.0. The Bertz CT molecular complexity index is 577. The van der Waals surface area contributed by atoms with Crippen LogP contribution in [-0.4, -0.2) is 53.2 Å². The molecule has 0 aromatic carbocycles. The third-order valence-corrected chi connectivity index (χ3v) is 4.56. The van der Waals surface area contributed by atoms with Crippen LogP contribution >= 0.6 is 11.3 Å². The normalized spacial score (nSPS) is 19.4. The van der Waals surface area contributed by atoms with Crippen molar-refractivity contribution in [2.75, 3.05) is 26.3 Å². The first-order valence-electron chi connectivity index (χ1n) is 6.40. The van der Waals surface area contributed by atoms with E-state index in [9.17, 15) is 9.59 Å². The van der Waals surface area contributed by atoms with Gasteiger partial charge in [0, 0.05) is 13.1 Å². The average molecular weight is 294 g/mol. The Kier molecular flexibility index (Phi) is 3.54. The van der Waals surface area contributed by atoms with E-state index in [1.807, 2.05) is 11.0 Å². The van der Waals surface area contributed by atoms with E-state index in [4.69, 9.17) is 9.84 Å². The van der Waals surface area contributed by atoms with Crippen molar-refractivity contribution in [3.05, 3.63) is 22.2 Å². The van der Waals surface area contributed by atoms with Crippen LogP contribution in [-0.2, 0) is 9.53 Å². The van der Waals surface area contributed by atoms with E-state index >= 15 is 0 Å². The van der Waals surface area contributed by atoms with Gasteiger partial charge in [0.2, 0.25) is 5.91 Å². The molecule has 0 unspecified atom stereocenters. The van der Waals surface area contributed by atoms with Crippen LogP contribution in [0.5, 0.6) is 0 Å². The molecule has 1 N–H and O–H groups in total. The number of amides is 1. The van der Waals surface area contributed by atoms with Crippen LogP contribution in [0.3, 0.4) is 0 Å². The number of carboxylic acids is 1. The molecule has 0 bridgehead atoms. The highest BCUT2D eigenvalue weighted by Crippen LogP contribution is 2.27. The number of carboxylic acid groups (broad SMARTS) is 1. The molecule has 0 radical (unpaired) electrons. The van der Waals surface area contributed by atoms with Gasteiger partial charge in [-0.25, -0.2) is 9.78 Å². The number of hydrogen-bond donors (Lipinski definition) is 1. The van der Waals surface area contributed by atoms with E-state index in [0.29, 0.717) is 32.7 Å². The number of aromatic nitrogens is 1. The van der Waals surface area contributed by atoms with Gasteiger partial charge in [0.1, 0.15) is 9.88 Å². The number of rotatable bonds is 3. The van der Waals surface area contributed by atoms with Crippen LogP contribution in [0.25, 0.3) is 5.57 Å². The second-order valence-corrected chi connectivity index (χ2v) is 5.86. The van der Waals surface area contributed by atoms with Gasteiger partial charge in [-0.15, -0.1) is 11.3 Å². The van der Waals surface area contributed by atoms with Gasteiger partial charge in [-0.1, -0.05) is 6.08 Å². The highest BCUT2D eigenvalue weighted by atomic mass is 32.1. The molecule has 1 amide bonds. The van der Waals surface area contributed by atoms with Crippen molar-refractivity contribution in [3.63, 3.8) is 0 Å². The number of hydrogen-bond acceptors (Lipinski definition) is 5. The Labute approximate surface area is 119 Å². The lowest BCUT2D eigenvalue weighted by Gasteiger charge is -2.33. The molecule has 3 heterocycles. The predicted octanol–water partition coefficient (Wildman–Crippen LogP) is 1.10. The second kappa shape index (κ2) is 5.34. The zero-order valence-electron chi connectivity index (χ0n) is 10.7. The van der Waals surface area contributed by atoms with Gasteiger partial charge in [0.25, 0.3) is 0 Å². The molecule has 0 atom stereocenters. The predicted molar refractivity (Wildman–Crippen MR) is 72.6 cm³/mol. The summed E-state index contributed by atoms with van der Waals surface area (Å²) < 4.78 is 5.04. The summed E-state index contributed by atoms with van der Waals surface area (Å²) in [6.45, 7) is 2.27. The van der Waals surface area contributed by atoms with Crippen LogP contribution in [0.4, 0.5) is 0 Å². The Morgan fingerprint density at radius 2 is 2.25 bits per heavy atom. The van der Waals surface area contributed by atoms with Crippen molar-refractivity contribution in [2.24, 2.45) is 5.92 Å². The molecule has 0 saturated carbocycles. The van der Waals surface area contributed by atoms with E-state index in [2.05, 4.69) is 4.98 Å². The minimum absolute atomic E-state index is 0.0171. The lowest BCUT2D eigenvalue weighted by atomic mass is 10.0. The van der Waals surface area contributed by atoms with Crippen LogP contribution in [0.15, 0.2) is 12.3 Å². The molecule has 7 heteroatoms. The number of carbonyl (C=O) groups is 2. The maximum absolute atomic E-state index is 12.0. The Hall–Kier alpha value is -1.73. The van der Waals surface area contributed by atoms with Gasteiger partial charge in [0.05, 0.1) is 25.3 Å². The minimum Gasteiger partial charge on any atom is -0.477 e. The first kappa shape index (κ1) is 13.3. The molecule has 1 fully saturated rings. The molecule has 106 valence electrons. The molecule has 1 saturated heterocycles. The van der Waals surface area contributed by atoms with Gasteiger partial charge < -0.3 is 14.7 Å². The molecule has 2 aliphatic heterocycles. The van der Waals surface area contributed by atoms with Crippen molar-refractivity contribution in [2.45, 2.75) is 6.42 Å². The molecular formula is C13H14N2O4S. The molecule has 1 aromatic rings. The Balaban J connectivity index is 1.66. The van der Waals surface area contributed by atoms with E-state index in [1.54, 1.807) is 0 Å². The largest absolute Gasteiger partial charge is 0.477 e. The lowest BCUT2D eigenvalue weighted by Crippen LogP contribution is -2.46. The topological polar surface area (TPSA) is 79.7 Å². The minimum atomic E-state index is -0.952. The summed E-state index contributed by atoms with van der Waals surface area (Å²) in [4.78, 5) is 29.1. The number of carbonyl (C=O) groups excluding carboxylic acids is 1. The fourth-order valence-electron chi connectivity index (χ4n) is 2.22. The molecule has 3 rings (SSSR count). The van der Waals surface area contributed by atoms with Crippen LogP contribution in [0.1, 0.15) is 21.1 Å². The zero-order valence-corrected chi connectivity index (χ0v) is 11.6. The van der Waals surface area contributed by atoms with Crippen molar-refractivity contribution in [3.8, 4) is 0 Å². The molecule has 20 heavy (non-hydrogen) atoms. The molecule has 2 aliphatic rings. The fraction of sp³-hybridized carbons (Fsp3) is 0.462. The highest BCUT2D eigenvalue weighted by molar-refractivity contribution is 7.14. The first-order chi connectivity index (χ1) is 9.65. The monoisotopic (exact) mass is 294 g/mol. The van der Waals surface area contributed by atoms with Gasteiger partial charge >= 0.3 is 5.97 Å². The smallest absolute Gasteiger partial charge is 0.347 e. The zero-order chi connectivity index (χ0) is 14.1. The van der Waals surface area contributed by atoms with E-state index in [-0.39, 0.29) is 16.7 Å². The molecule has 1 aromatic heterocycles. The van der Waals surface area contributed by atoms with Gasteiger partial charge in [-0.05, 0) is 12.0 Å². The number of thiazole rings is 1. The van der Waals surface area contributed by atoms with Gasteiger partial charge in [-0.2, -0.15) is 0 Å². The van der Waals surface area contributed by atoms with Crippen LogP contribution in [0, 0.1) is 5.92 Å². The van der Waals surface area contributed by atoms with E-state index in [1.165, 1.54) is 17.5 Å². The maximum Gasteiger partial charge on any atom is 0.347 e. The SMILES string of the molecule is O=C(O)c1cnc(C2=CCN(C(=O)C3COC3)CC2)s1. The van der Waals surface area contributed by atoms with Gasteiger partial charge in [-0.3, -0.25) is 4.79 Å². The van der Waals surface area contributed by atoms with Crippen molar-refractivity contribution >= 4 is 28.8 Å². The number of ether oxygens (including phenoxy) is 1. The van der Waals surface area contributed by atoms with E-state index in [0.717, 1.165) is 10.6 Å². The molecule has 0 aliphatic carbocycles. The molecule has 6 nitrogen and oxygen atoms in total. The summed E-state index contributed by atoms with van der Waals surface area (Å²) in [5.41, 5.74) is 1.02. The Morgan fingerprint density at radius 3 is 2.75 bits per heavy atom. The summed E-state index contributed by atoms with van der Waals surface area (Å²) >= 11 is 1.18. The van der Waals surface area contributed by atoms with Crippen molar-refractivity contribution in [1.29, 1.82) is 0 Å². The highest BCUT2D eigenvalue weighted by Gasteiger charge is 2.31. The van der Waals surface area contributed by atoms with Crippen LogP contribution in [0.2, 0.25) is 0 Å². The lowest BCUT2D eigenvalue weighted by molar-refractivity contribution is -0.149. The summed E-state index contributed by atoms with van der Waals surface area (Å²) in [6.07, 6.45) is 4.06. The summed E-state index contributed by atoms with van der Waals surface area (Å²) in [6, 6.07) is 0. The quantitative estimate of drug-likeness (QED) is 0.903. The summed E-state index contributed by atoms with van der Waals surface area (Å²) in [5, 5.41) is 9.63. The van der Waals surface area contributed by atoms with Crippen molar-refractivity contribution < 1.29 is 19.4 Å². The standard InChI is InChI=1S/C13H14N2O4S/c16-12(9-6-19-7-9)15-3-1-8(2-4-15)11-14-5-10(20-11)13(17)18/h1,5,9H,2-4,6-7H2,(H,17,18). The van der Waals surface area contributed by atoms with Gasteiger partial charge in [0.15, 0.2) is 0 Å². The van der Waals surface area contributed by atoms with Crippen LogP contribution < -0.4 is 0 Å². The summed E-state index contributed by atoms with van der Waals surface area (Å²) in [7, 11) is 0. The third-order valence-electron chi connectivity index (χ3n) is 3.50. The van der Waals surface area contributed by atoms with Crippen molar-refractivity contribution in [1.82, 2.24) is 9.88 Å². The first-order valence-corrected chi connectivity index (χ1v) is 7.22.